The molecule has 3 rings (SSSR count). The maximum absolute atomic E-state index is 12.4. The van der Waals surface area contributed by atoms with Crippen LogP contribution < -0.4 is 5.73 Å². The summed E-state index contributed by atoms with van der Waals surface area (Å²) in [5.74, 6) is -3.02. The average molecular weight is 355 g/mol. The summed E-state index contributed by atoms with van der Waals surface area (Å²) in [7, 11) is 0. The number of carboxylic acid groups (broad SMARTS) is 1. The Morgan fingerprint density at radius 1 is 1.04 bits per heavy atom. The van der Waals surface area contributed by atoms with Crippen molar-refractivity contribution in [2.24, 2.45) is 5.73 Å². The first-order valence-electron chi connectivity index (χ1n) is 8.28. The van der Waals surface area contributed by atoms with Crippen molar-refractivity contribution in [3.63, 3.8) is 0 Å². The molecule has 0 fully saturated rings. The number of fused-ring (bicyclic) bond motifs is 3. The molecule has 1 atom stereocenters. The van der Waals surface area contributed by atoms with Crippen LogP contribution in [0.25, 0.3) is 11.1 Å². The van der Waals surface area contributed by atoms with E-state index in [9.17, 15) is 19.8 Å². The number of benzene rings is 2. The summed E-state index contributed by atoms with van der Waals surface area (Å²) in [6.07, 6.45) is 0. The number of esters is 1. The average Bonchev–Trinajstić information content (AvgIpc) is 2.92. The van der Waals surface area contributed by atoms with Crippen LogP contribution in [0.5, 0.6) is 0 Å². The number of carbonyl (C=O) groups is 2. The molecule has 2 aromatic rings. The number of hydrogen-bond acceptors (Lipinski definition) is 5. The van der Waals surface area contributed by atoms with Gasteiger partial charge in [0.2, 0.25) is 5.54 Å². The smallest absolute Gasteiger partial charge is 0.340 e. The van der Waals surface area contributed by atoms with Gasteiger partial charge in [0.05, 0.1) is 5.60 Å². The van der Waals surface area contributed by atoms with Gasteiger partial charge in [0, 0.05) is 5.92 Å². The summed E-state index contributed by atoms with van der Waals surface area (Å²) in [6, 6.07) is 15.6. The monoisotopic (exact) mass is 355 g/mol. The van der Waals surface area contributed by atoms with Crippen LogP contribution in [-0.2, 0) is 14.3 Å². The van der Waals surface area contributed by atoms with Gasteiger partial charge in [-0.2, -0.15) is 0 Å². The standard InChI is InChI=1S/C20H21NO5/c1-19(2,25)20(21,17(22)23)18(24)26-11-16-14-9-5-3-7-12(14)13-8-4-6-10-15(13)16/h3-10,16,25H,11,21H2,1-2H3,(H,22,23). The molecule has 0 spiro atoms. The number of carbonyl (C=O) groups excluding carboxylic acids is 1. The van der Waals surface area contributed by atoms with Gasteiger partial charge in [-0.15, -0.1) is 0 Å². The van der Waals surface area contributed by atoms with E-state index in [1.165, 1.54) is 13.8 Å². The van der Waals surface area contributed by atoms with E-state index in [-0.39, 0.29) is 12.5 Å². The van der Waals surface area contributed by atoms with Crippen LogP contribution in [-0.4, -0.2) is 39.9 Å². The van der Waals surface area contributed by atoms with Gasteiger partial charge < -0.3 is 20.7 Å². The Morgan fingerprint density at radius 2 is 1.50 bits per heavy atom. The summed E-state index contributed by atoms with van der Waals surface area (Å²) in [4.78, 5) is 24.0. The summed E-state index contributed by atoms with van der Waals surface area (Å²) in [5.41, 5.74) is 5.30. The van der Waals surface area contributed by atoms with Gasteiger partial charge in [0.1, 0.15) is 6.61 Å². The van der Waals surface area contributed by atoms with Crippen molar-refractivity contribution in [2.75, 3.05) is 6.61 Å². The minimum Gasteiger partial charge on any atom is -0.479 e. The molecule has 136 valence electrons. The van der Waals surface area contributed by atoms with E-state index < -0.39 is 23.1 Å². The zero-order chi connectivity index (χ0) is 19.1. The number of nitrogens with two attached hydrogens (primary N) is 1. The molecular weight excluding hydrogens is 334 g/mol. The molecular formula is C20H21NO5. The Kier molecular flexibility index (Phi) is 4.34. The van der Waals surface area contributed by atoms with Crippen LogP contribution in [0.15, 0.2) is 48.5 Å². The van der Waals surface area contributed by atoms with E-state index in [2.05, 4.69) is 0 Å². The normalized spacial score (nSPS) is 15.7. The molecule has 2 aromatic carbocycles. The van der Waals surface area contributed by atoms with Crippen LogP contribution in [0.2, 0.25) is 0 Å². The molecule has 1 aliphatic rings. The van der Waals surface area contributed by atoms with E-state index in [0.29, 0.717) is 0 Å². The molecule has 0 saturated carbocycles. The van der Waals surface area contributed by atoms with Gasteiger partial charge in [-0.05, 0) is 36.1 Å². The first-order valence-corrected chi connectivity index (χ1v) is 8.28. The fourth-order valence-electron chi connectivity index (χ4n) is 3.31. The zero-order valence-corrected chi connectivity index (χ0v) is 14.6. The second-order valence-electron chi connectivity index (χ2n) is 7.00. The Hall–Kier alpha value is -2.70. The second kappa shape index (κ2) is 6.23. The van der Waals surface area contributed by atoms with Crippen molar-refractivity contribution < 1.29 is 24.5 Å². The third kappa shape index (κ3) is 2.67. The van der Waals surface area contributed by atoms with E-state index >= 15 is 0 Å². The molecule has 6 nitrogen and oxygen atoms in total. The Labute approximate surface area is 151 Å². The fraction of sp³-hybridized carbons (Fsp3) is 0.300. The maximum atomic E-state index is 12.4. The van der Waals surface area contributed by atoms with Gasteiger partial charge in [-0.25, -0.2) is 9.59 Å². The number of ether oxygens (including phenoxy) is 1. The predicted octanol–water partition coefficient (Wildman–Crippen LogP) is 1.90. The SMILES string of the molecule is CC(C)(O)C(N)(C(=O)O)C(=O)OCC1c2ccccc2-c2ccccc21. The molecule has 0 radical (unpaired) electrons. The molecule has 0 aliphatic heterocycles. The van der Waals surface area contributed by atoms with Crippen LogP contribution in [0.1, 0.15) is 30.9 Å². The van der Waals surface area contributed by atoms with Crippen molar-refractivity contribution in [3.8, 4) is 11.1 Å². The zero-order valence-electron chi connectivity index (χ0n) is 14.6. The first-order chi connectivity index (χ1) is 12.2. The predicted molar refractivity (Wildman–Crippen MR) is 95.5 cm³/mol. The van der Waals surface area contributed by atoms with Gasteiger partial charge in [-0.3, -0.25) is 0 Å². The molecule has 4 N–H and O–H groups in total. The summed E-state index contributed by atoms with van der Waals surface area (Å²) < 4.78 is 5.29. The van der Waals surface area contributed by atoms with Gasteiger partial charge in [0.15, 0.2) is 0 Å². The van der Waals surface area contributed by atoms with E-state index in [1.807, 2.05) is 48.5 Å². The quantitative estimate of drug-likeness (QED) is 0.558. The van der Waals surface area contributed by atoms with E-state index in [1.54, 1.807) is 0 Å². The lowest BCUT2D eigenvalue weighted by Gasteiger charge is -2.34. The number of hydrogen-bond donors (Lipinski definition) is 3. The highest BCUT2D eigenvalue weighted by Crippen LogP contribution is 2.44. The van der Waals surface area contributed by atoms with Crippen LogP contribution in [0.3, 0.4) is 0 Å². The lowest BCUT2D eigenvalue weighted by Crippen LogP contribution is -2.68. The molecule has 26 heavy (non-hydrogen) atoms. The van der Waals surface area contributed by atoms with Crippen molar-refractivity contribution in [1.82, 2.24) is 0 Å². The molecule has 6 heteroatoms. The highest BCUT2D eigenvalue weighted by Gasteiger charge is 2.56. The van der Waals surface area contributed by atoms with Gasteiger partial charge >= 0.3 is 11.9 Å². The summed E-state index contributed by atoms with van der Waals surface area (Å²) >= 11 is 0. The fourth-order valence-corrected chi connectivity index (χ4v) is 3.31. The lowest BCUT2D eigenvalue weighted by atomic mass is 9.83. The van der Waals surface area contributed by atoms with Gasteiger partial charge in [0.25, 0.3) is 0 Å². The van der Waals surface area contributed by atoms with Crippen LogP contribution >= 0.6 is 0 Å². The van der Waals surface area contributed by atoms with Crippen molar-refractivity contribution in [1.29, 1.82) is 0 Å². The van der Waals surface area contributed by atoms with Gasteiger partial charge in [-0.1, -0.05) is 48.5 Å². The number of rotatable bonds is 5. The molecule has 0 bridgehead atoms. The third-order valence-electron chi connectivity index (χ3n) is 4.97. The molecule has 1 unspecified atom stereocenters. The van der Waals surface area contributed by atoms with Crippen LogP contribution in [0.4, 0.5) is 0 Å². The third-order valence-corrected chi connectivity index (χ3v) is 4.97. The van der Waals surface area contributed by atoms with E-state index in [0.717, 1.165) is 22.3 Å². The van der Waals surface area contributed by atoms with Crippen molar-refractivity contribution >= 4 is 11.9 Å². The van der Waals surface area contributed by atoms with E-state index in [4.69, 9.17) is 10.5 Å². The highest BCUT2D eigenvalue weighted by atomic mass is 16.5. The molecule has 1 aliphatic carbocycles. The largest absolute Gasteiger partial charge is 0.479 e. The summed E-state index contributed by atoms with van der Waals surface area (Å²) in [6.45, 7) is 2.28. The highest BCUT2D eigenvalue weighted by molar-refractivity contribution is 6.05. The number of aliphatic hydroxyl groups is 1. The molecule has 0 saturated heterocycles. The Balaban J connectivity index is 1.89. The number of aliphatic carboxylic acids is 1. The minimum atomic E-state index is -2.55. The second-order valence-corrected chi connectivity index (χ2v) is 7.00. The van der Waals surface area contributed by atoms with Crippen molar-refractivity contribution in [2.45, 2.75) is 30.9 Å². The maximum Gasteiger partial charge on any atom is 0.340 e. The molecule has 0 aromatic heterocycles. The first kappa shape index (κ1) is 18.1. The van der Waals surface area contributed by atoms with Crippen LogP contribution in [0, 0.1) is 0 Å². The van der Waals surface area contributed by atoms with Crippen molar-refractivity contribution in [3.05, 3.63) is 59.7 Å². The Morgan fingerprint density at radius 3 is 1.92 bits per heavy atom. The topological polar surface area (TPSA) is 110 Å². The number of carboxylic acids is 1. The molecule has 0 heterocycles. The lowest BCUT2D eigenvalue weighted by molar-refractivity contribution is -0.173. The minimum absolute atomic E-state index is 0.0603. The molecule has 0 amide bonds. The summed E-state index contributed by atoms with van der Waals surface area (Å²) in [5, 5.41) is 19.4. The Bertz CT molecular complexity index is 825.